The lowest BCUT2D eigenvalue weighted by atomic mass is 10.1. The van der Waals surface area contributed by atoms with Gasteiger partial charge in [-0.1, -0.05) is 0 Å². The van der Waals surface area contributed by atoms with Crippen LogP contribution in [-0.2, 0) is 11.2 Å². The molecule has 0 fully saturated rings. The number of carboxylic acids is 1. The Morgan fingerprint density at radius 3 is 2.50 bits per heavy atom. The molecule has 3 N–H and O–H groups in total. The van der Waals surface area contributed by atoms with Gasteiger partial charge in [0.1, 0.15) is 0 Å². The van der Waals surface area contributed by atoms with Gasteiger partial charge >= 0.3 is 5.97 Å². The van der Waals surface area contributed by atoms with Crippen LogP contribution in [0.25, 0.3) is 0 Å². The van der Waals surface area contributed by atoms with E-state index in [2.05, 4.69) is 0 Å². The first-order valence-electron chi connectivity index (χ1n) is 3.85. The van der Waals surface area contributed by atoms with E-state index in [9.17, 15) is 9.18 Å². The summed E-state index contributed by atoms with van der Waals surface area (Å²) in [6.45, 7) is 1.44. The zero-order valence-electron chi connectivity index (χ0n) is 7.41. The average Bonchev–Trinajstić information content (AvgIpc) is 2.10. The third kappa shape index (κ3) is 1.76. The van der Waals surface area contributed by atoms with Gasteiger partial charge in [-0.25, -0.2) is 4.39 Å². The molecule has 0 aliphatic heterocycles. The molecular formula is C9H9FO4. The Kier molecular flexibility index (Phi) is 2.60. The Morgan fingerprint density at radius 1 is 1.43 bits per heavy atom. The van der Waals surface area contributed by atoms with Crippen molar-refractivity contribution in [2.75, 3.05) is 0 Å². The molecule has 14 heavy (non-hydrogen) atoms. The van der Waals surface area contributed by atoms with Crippen molar-refractivity contribution in [1.82, 2.24) is 0 Å². The van der Waals surface area contributed by atoms with Crippen LogP contribution in [0.2, 0.25) is 0 Å². The number of hydrogen-bond acceptors (Lipinski definition) is 3. The molecule has 0 saturated heterocycles. The van der Waals surface area contributed by atoms with Gasteiger partial charge < -0.3 is 15.3 Å². The van der Waals surface area contributed by atoms with Gasteiger partial charge in [-0.3, -0.25) is 4.79 Å². The van der Waals surface area contributed by atoms with Crippen LogP contribution in [0.3, 0.4) is 0 Å². The Labute approximate surface area is 79.2 Å². The molecule has 0 heterocycles. The molecule has 0 bridgehead atoms. The Morgan fingerprint density at radius 2 is 2.00 bits per heavy atom. The maximum Gasteiger partial charge on any atom is 0.307 e. The van der Waals surface area contributed by atoms with Crippen LogP contribution in [0.15, 0.2) is 6.07 Å². The first-order valence-corrected chi connectivity index (χ1v) is 3.85. The van der Waals surface area contributed by atoms with Gasteiger partial charge in [-0.15, -0.1) is 0 Å². The van der Waals surface area contributed by atoms with Crippen LogP contribution in [0, 0.1) is 12.7 Å². The molecule has 0 saturated carbocycles. The van der Waals surface area contributed by atoms with Crippen LogP contribution < -0.4 is 0 Å². The van der Waals surface area contributed by atoms with E-state index in [0.29, 0.717) is 0 Å². The molecule has 5 heteroatoms. The minimum Gasteiger partial charge on any atom is -0.504 e. The summed E-state index contributed by atoms with van der Waals surface area (Å²) >= 11 is 0. The average molecular weight is 200 g/mol. The highest BCUT2D eigenvalue weighted by atomic mass is 19.1. The SMILES string of the molecule is Cc1cc(CC(=O)O)c(F)c(O)c1O. The topological polar surface area (TPSA) is 77.8 Å². The maximum atomic E-state index is 13.1. The number of aliphatic carboxylic acids is 1. The molecule has 0 aromatic heterocycles. The zero-order valence-corrected chi connectivity index (χ0v) is 7.41. The van der Waals surface area contributed by atoms with Crippen LogP contribution in [-0.4, -0.2) is 21.3 Å². The lowest BCUT2D eigenvalue weighted by molar-refractivity contribution is -0.136. The van der Waals surface area contributed by atoms with Crippen molar-refractivity contribution < 1.29 is 24.5 Å². The van der Waals surface area contributed by atoms with E-state index in [1.165, 1.54) is 13.0 Å². The fourth-order valence-electron chi connectivity index (χ4n) is 1.13. The van der Waals surface area contributed by atoms with Crippen molar-refractivity contribution in [2.24, 2.45) is 0 Å². The highest BCUT2D eigenvalue weighted by molar-refractivity contribution is 5.71. The molecular weight excluding hydrogens is 191 g/mol. The first kappa shape index (κ1) is 10.3. The van der Waals surface area contributed by atoms with Gasteiger partial charge in [0, 0.05) is 5.56 Å². The molecule has 0 aliphatic carbocycles. The highest BCUT2D eigenvalue weighted by Crippen LogP contribution is 2.33. The Bertz CT molecular complexity index is 387. The van der Waals surface area contributed by atoms with E-state index in [-0.39, 0.29) is 11.1 Å². The zero-order chi connectivity index (χ0) is 10.9. The number of phenols is 2. The van der Waals surface area contributed by atoms with E-state index in [1.807, 2.05) is 0 Å². The Hall–Kier alpha value is -1.78. The smallest absolute Gasteiger partial charge is 0.307 e. The summed E-state index contributed by atoms with van der Waals surface area (Å²) in [5, 5.41) is 26.6. The monoisotopic (exact) mass is 200 g/mol. The molecule has 0 amide bonds. The molecule has 1 aromatic rings. The highest BCUT2D eigenvalue weighted by Gasteiger charge is 2.16. The van der Waals surface area contributed by atoms with Gasteiger partial charge in [0.25, 0.3) is 0 Å². The number of carbonyl (C=O) groups is 1. The number of halogens is 1. The van der Waals surface area contributed by atoms with Crippen molar-refractivity contribution in [3.63, 3.8) is 0 Å². The Balaban J connectivity index is 3.25. The molecule has 0 unspecified atom stereocenters. The lowest BCUT2D eigenvalue weighted by Gasteiger charge is -2.06. The third-order valence-electron chi connectivity index (χ3n) is 1.82. The number of carboxylic acid groups (broad SMARTS) is 1. The molecule has 4 nitrogen and oxygen atoms in total. The van der Waals surface area contributed by atoms with Crippen molar-refractivity contribution in [3.05, 3.63) is 23.0 Å². The number of aromatic hydroxyl groups is 2. The van der Waals surface area contributed by atoms with E-state index in [1.54, 1.807) is 0 Å². The maximum absolute atomic E-state index is 13.1. The minimum atomic E-state index is -1.20. The van der Waals surface area contributed by atoms with Crippen molar-refractivity contribution in [1.29, 1.82) is 0 Å². The van der Waals surface area contributed by atoms with Gasteiger partial charge in [0.2, 0.25) is 0 Å². The van der Waals surface area contributed by atoms with Crippen LogP contribution >= 0.6 is 0 Å². The molecule has 0 radical (unpaired) electrons. The van der Waals surface area contributed by atoms with Gasteiger partial charge in [-0.2, -0.15) is 0 Å². The van der Waals surface area contributed by atoms with E-state index < -0.39 is 29.7 Å². The van der Waals surface area contributed by atoms with E-state index in [4.69, 9.17) is 15.3 Å². The molecule has 76 valence electrons. The quantitative estimate of drug-likeness (QED) is 0.626. The predicted molar refractivity (Wildman–Crippen MR) is 45.8 cm³/mol. The van der Waals surface area contributed by atoms with Crippen molar-refractivity contribution >= 4 is 5.97 Å². The fraction of sp³-hybridized carbons (Fsp3) is 0.222. The minimum absolute atomic E-state index is 0.148. The predicted octanol–water partition coefficient (Wildman–Crippen LogP) is 1.17. The van der Waals surface area contributed by atoms with E-state index in [0.717, 1.165) is 0 Å². The molecule has 0 atom stereocenters. The number of aryl methyl sites for hydroxylation is 1. The van der Waals surface area contributed by atoms with Crippen LogP contribution in [0.5, 0.6) is 11.5 Å². The van der Waals surface area contributed by atoms with E-state index >= 15 is 0 Å². The number of benzene rings is 1. The van der Waals surface area contributed by atoms with Crippen LogP contribution in [0.1, 0.15) is 11.1 Å². The molecule has 0 aliphatic rings. The normalized spacial score (nSPS) is 10.1. The second-order valence-corrected chi connectivity index (χ2v) is 2.93. The summed E-state index contributed by atoms with van der Waals surface area (Å²) in [6, 6.07) is 1.19. The molecule has 1 rings (SSSR count). The summed E-state index contributed by atoms with van der Waals surface area (Å²) in [5.74, 6) is -3.75. The number of phenolic OH excluding ortho intramolecular Hbond substituents is 2. The summed E-state index contributed by atoms with van der Waals surface area (Å²) < 4.78 is 13.1. The van der Waals surface area contributed by atoms with Crippen molar-refractivity contribution in [2.45, 2.75) is 13.3 Å². The van der Waals surface area contributed by atoms with Crippen LogP contribution in [0.4, 0.5) is 4.39 Å². The lowest BCUT2D eigenvalue weighted by Crippen LogP contribution is -2.03. The van der Waals surface area contributed by atoms with Gasteiger partial charge in [0.05, 0.1) is 6.42 Å². The number of hydrogen-bond donors (Lipinski definition) is 3. The molecule has 0 spiro atoms. The standard InChI is InChI=1S/C9H9FO4/c1-4-2-5(3-6(11)12)7(10)9(14)8(4)13/h2,13-14H,3H2,1H3,(H,11,12). The second-order valence-electron chi connectivity index (χ2n) is 2.93. The summed E-state index contributed by atoms with van der Waals surface area (Å²) in [6.07, 6.45) is -0.527. The van der Waals surface area contributed by atoms with Crippen molar-refractivity contribution in [3.8, 4) is 11.5 Å². The first-order chi connectivity index (χ1) is 6.43. The summed E-state index contributed by atoms with van der Waals surface area (Å²) in [4.78, 5) is 10.3. The summed E-state index contributed by atoms with van der Waals surface area (Å²) in [5.41, 5.74) is 0.0884. The van der Waals surface area contributed by atoms with Gasteiger partial charge in [-0.05, 0) is 18.6 Å². The largest absolute Gasteiger partial charge is 0.504 e. The summed E-state index contributed by atoms with van der Waals surface area (Å²) in [7, 11) is 0. The molecule has 1 aromatic carbocycles. The van der Waals surface area contributed by atoms with Gasteiger partial charge in [0.15, 0.2) is 17.3 Å². The fourth-order valence-corrected chi connectivity index (χ4v) is 1.13. The third-order valence-corrected chi connectivity index (χ3v) is 1.82. The second kappa shape index (κ2) is 3.53. The number of rotatable bonds is 2.